The second kappa shape index (κ2) is 6.41. The van der Waals surface area contributed by atoms with Crippen molar-refractivity contribution in [2.45, 2.75) is 19.9 Å². The second-order valence-corrected chi connectivity index (χ2v) is 5.02. The van der Waals surface area contributed by atoms with Crippen LogP contribution >= 0.6 is 0 Å². The molecular formula is C15H21N5O. The molecule has 6 heteroatoms. The Morgan fingerprint density at radius 3 is 2.71 bits per heavy atom. The number of carbonyl (C=O) groups excluding carboxylic acids is 1. The number of aromatic nitrogens is 2. The monoisotopic (exact) mass is 287 g/mol. The SMILES string of the molecule is CNC(C)c1cccc(NC(=O)Nc2cn(C)nc2C)c1. The molecule has 0 aliphatic heterocycles. The van der Waals surface area contributed by atoms with Gasteiger partial charge < -0.3 is 16.0 Å². The Hall–Kier alpha value is -2.34. The van der Waals surface area contributed by atoms with Gasteiger partial charge in [-0.2, -0.15) is 5.10 Å². The summed E-state index contributed by atoms with van der Waals surface area (Å²) in [4.78, 5) is 12.0. The van der Waals surface area contributed by atoms with Gasteiger partial charge in [0.25, 0.3) is 0 Å². The van der Waals surface area contributed by atoms with Crippen LogP contribution in [0.1, 0.15) is 24.2 Å². The first kappa shape index (κ1) is 15.1. The highest BCUT2D eigenvalue weighted by Gasteiger charge is 2.09. The third-order valence-electron chi connectivity index (χ3n) is 3.34. The van der Waals surface area contributed by atoms with Crippen molar-refractivity contribution in [1.29, 1.82) is 0 Å². The zero-order valence-electron chi connectivity index (χ0n) is 12.8. The zero-order valence-corrected chi connectivity index (χ0v) is 12.8. The lowest BCUT2D eigenvalue weighted by atomic mass is 10.1. The molecule has 0 spiro atoms. The molecular weight excluding hydrogens is 266 g/mol. The number of anilines is 2. The molecule has 3 N–H and O–H groups in total. The molecule has 1 atom stereocenters. The van der Waals surface area contributed by atoms with Crippen molar-refractivity contribution < 1.29 is 4.79 Å². The summed E-state index contributed by atoms with van der Waals surface area (Å²) in [5.41, 5.74) is 3.36. The van der Waals surface area contributed by atoms with Gasteiger partial charge in [0, 0.05) is 25.0 Å². The van der Waals surface area contributed by atoms with Gasteiger partial charge in [-0.25, -0.2) is 4.79 Å². The molecule has 0 aliphatic carbocycles. The summed E-state index contributed by atoms with van der Waals surface area (Å²) in [5, 5.41) is 13.0. The minimum atomic E-state index is -0.277. The topological polar surface area (TPSA) is 71.0 Å². The standard InChI is InChI=1S/C15H21N5O/c1-10(16-3)12-6-5-7-13(8-12)17-15(21)18-14-9-20(4)19-11(14)2/h5-10,16H,1-4H3,(H2,17,18,21). The average molecular weight is 287 g/mol. The van der Waals surface area contributed by atoms with Crippen LogP contribution in [0.2, 0.25) is 0 Å². The van der Waals surface area contributed by atoms with Gasteiger partial charge in [0.05, 0.1) is 11.4 Å². The Kier molecular flexibility index (Phi) is 4.59. The Morgan fingerprint density at radius 1 is 1.33 bits per heavy atom. The van der Waals surface area contributed by atoms with E-state index in [1.807, 2.05) is 45.3 Å². The molecule has 2 aromatic rings. The Bertz CT molecular complexity index is 635. The van der Waals surface area contributed by atoms with Crippen molar-refractivity contribution in [3.05, 3.63) is 41.7 Å². The zero-order chi connectivity index (χ0) is 15.4. The van der Waals surface area contributed by atoms with E-state index in [4.69, 9.17) is 0 Å². The van der Waals surface area contributed by atoms with Gasteiger partial charge in [0.1, 0.15) is 0 Å². The van der Waals surface area contributed by atoms with Crippen LogP contribution < -0.4 is 16.0 Å². The van der Waals surface area contributed by atoms with Gasteiger partial charge >= 0.3 is 6.03 Å². The molecule has 0 radical (unpaired) electrons. The van der Waals surface area contributed by atoms with E-state index >= 15 is 0 Å². The predicted molar refractivity (Wildman–Crippen MR) is 84.5 cm³/mol. The van der Waals surface area contributed by atoms with Crippen LogP contribution in [0.5, 0.6) is 0 Å². The quantitative estimate of drug-likeness (QED) is 0.809. The summed E-state index contributed by atoms with van der Waals surface area (Å²) < 4.78 is 1.67. The molecule has 2 amide bonds. The minimum Gasteiger partial charge on any atom is -0.313 e. The largest absolute Gasteiger partial charge is 0.323 e. The first-order valence-corrected chi connectivity index (χ1v) is 6.85. The fourth-order valence-corrected chi connectivity index (χ4v) is 2.06. The molecule has 1 aromatic heterocycles. The van der Waals surface area contributed by atoms with E-state index in [9.17, 15) is 4.79 Å². The molecule has 0 saturated heterocycles. The van der Waals surface area contributed by atoms with Crippen LogP contribution in [-0.4, -0.2) is 22.9 Å². The summed E-state index contributed by atoms with van der Waals surface area (Å²) in [6, 6.07) is 7.72. The minimum absolute atomic E-state index is 0.232. The maximum Gasteiger partial charge on any atom is 0.323 e. The van der Waals surface area contributed by atoms with Crippen LogP contribution in [0.3, 0.4) is 0 Å². The third kappa shape index (κ3) is 3.82. The van der Waals surface area contributed by atoms with E-state index in [0.29, 0.717) is 5.69 Å². The molecule has 112 valence electrons. The van der Waals surface area contributed by atoms with Crippen molar-refractivity contribution in [3.63, 3.8) is 0 Å². The molecule has 1 unspecified atom stereocenters. The van der Waals surface area contributed by atoms with Gasteiger partial charge in [-0.3, -0.25) is 4.68 Å². The summed E-state index contributed by atoms with van der Waals surface area (Å²) in [5.74, 6) is 0. The first-order chi connectivity index (χ1) is 9.99. The number of nitrogens with one attached hydrogen (secondary N) is 3. The lowest BCUT2D eigenvalue weighted by Gasteiger charge is -2.13. The van der Waals surface area contributed by atoms with Crippen molar-refractivity contribution in [2.75, 3.05) is 17.7 Å². The van der Waals surface area contributed by atoms with Crippen molar-refractivity contribution >= 4 is 17.4 Å². The molecule has 6 nitrogen and oxygen atoms in total. The highest BCUT2D eigenvalue weighted by Crippen LogP contribution is 2.18. The Morgan fingerprint density at radius 2 is 2.10 bits per heavy atom. The van der Waals surface area contributed by atoms with Crippen LogP contribution in [0.4, 0.5) is 16.2 Å². The summed E-state index contributed by atoms with van der Waals surface area (Å²) >= 11 is 0. The van der Waals surface area contributed by atoms with Crippen LogP contribution in [0.25, 0.3) is 0 Å². The normalized spacial score (nSPS) is 12.0. The fourth-order valence-electron chi connectivity index (χ4n) is 2.06. The van der Waals surface area contributed by atoms with E-state index in [2.05, 4.69) is 28.0 Å². The highest BCUT2D eigenvalue weighted by atomic mass is 16.2. The number of aryl methyl sites for hydroxylation is 2. The molecule has 0 bridgehead atoms. The van der Waals surface area contributed by atoms with Gasteiger partial charge in [-0.05, 0) is 38.6 Å². The molecule has 1 heterocycles. The number of rotatable bonds is 4. The van der Waals surface area contributed by atoms with Crippen molar-refractivity contribution in [2.24, 2.45) is 7.05 Å². The van der Waals surface area contributed by atoms with Crippen LogP contribution in [0.15, 0.2) is 30.5 Å². The number of amides is 2. The lowest BCUT2D eigenvalue weighted by molar-refractivity contribution is 0.262. The summed E-state index contributed by atoms with van der Waals surface area (Å²) in [6.07, 6.45) is 1.77. The summed E-state index contributed by atoms with van der Waals surface area (Å²) in [6.45, 7) is 3.92. The molecule has 21 heavy (non-hydrogen) atoms. The molecule has 2 rings (SSSR count). The molecule has 0 aliphatic rings. The van der Waals surface area contributed by atoms with Gasteiger partial charge in [-0.15, -0.1) is 0 Å². The number of carbonyl (C=O) groups is 1. The van der Waals surface area contributed by atoms with E-state index in [1.165, 1.54) is 0 Å². The number of benzene rings is 1. The second-order valence-electron chi connectivity index (χ2n) is 5.02. The first-order valence-electron chi connectivity index (χ1n) is 6.85. The van der Waals surface area contributed by atoms with Crippen LogP contribution in [0, 0.1) is 6.92 Å². The van der Waals surface area contributed by atoms with E-state index in [0.717, 1.165) is 16.9 Å². The highest BCUT2D eigenvalue weighted by molar-refractivity contribution is 6.00. The maximum atomic E-state index is 12.0. The van der Waals surface area contributed by atoms with Crippen molar-refractivity contribution in [3.8, 4) is 0 Å². The van der Waals surface area contributed by atoms with E-state index in [-0.39, 0.29) is 12.1 Å². The van der Waals surface area contributed by atoms with Gasteiger partial charge in [0.2, 0.25) is 0 Å². The van der Waals surface area contributed by atoms with Crippen LogP contribution in [-0.2, 0) is 7.05 Å². The molecule has 1 aromatic carbocycles. The molecule has 0 fully saturated rings. The number of hydrogen-bond acceptors (Lipinski definition) is 3. The molecule has 0 saturated carbocycles. The van der Waals surface area contributed by atoms with E-state index < -0.39 is 0 Å². The number of urea groups is 1. The maximum absolute atomic E-state index is 12.0. The summed E-state index contributed by atoms with van der Waals surface area (Å²) in [7, 11) is 3.72. The predicted octanol–water partition coefficient (Wildman–Crippen LogP) is 2.65. The van der Waals surface area contributed by atoms with E-state index in [1.54, 1.807) is 10.9 Å². The Balaban J connectivity index is 2.04. The average Bonchev–Trinajstić information content (AvgIpc) is 2.76. The smallest absolute Gasteiger partial charge is 0.313 e. The number of hydrogen-bond donors (Lipinski definition) is 3. The Labute approximate surface area is 124 Å². The third-order valence-corrected chi connectivity index (χ3v) is 3.34. The number of nitrogens with zero attached hydrogens (tertiary/aromatic N) is 2. The van der Waals surface area contributed by atoms with Gasteiger partial charge in [-0.1, -0.05) is 12.1 Å². The van der Waals surface area contributed by atoms with Gasteiger partial charge in [0.15, 0.2) is 0 Å². The van der Waals surface area contributed by atoms with Crippen molar-refractivity contribution in [1.82, 2.24) is 15.1 Å². The lowest BCUT2D eigenvalue weighted by Crippen LogP contribution is -2.20. The fraction of sp³-hybridized carbons (Fsp3) is 0.333.